The molecule has 11 atom stereocenters. The monoisotopic (exact) mass is 590 g/mol. The predicted molar refractivity (Wildman–Crippen MR) is 155 cm³/mol. The van der Waals surface area contributed by atoms with Crippen molar-refractivity contribution in [2.45, 2.75) is 97.6 Å². The lowest BCUT2D eigenvalue weighted by atomic mass is 9.54. The number of aliphatic hydroxyl groups is 1. The number of allylic oxidation sites excluding steroid dienone is 2. The van der Waals surface area contributed by atoms with Crippen molar-refractivity contribution in [3.63, 3.8) is 0 Å². The van der Waals surface area contributed by atoms with E-state index in [0.717, 1.165) is 11.1 Å². The lowest BCUT2D eigenvalue weighted by Gasteiger charge is -2.46. The molecule has 0 radical (unpaired) electrons. The molecular weight excluding hydrogens is 548 g/mol. The van der Waals surface area contributed by atoms with E-state index in [1.807, 2.05) is 47.6 Å². The van der Waals surface area contributed by atoms with Crippen LogP contribution in [0.15, 0.2) is 47.1 Å². The minimum absolute atomic E-state index is 0.0840. The molecule has 2 heterocycles. The molecule has 0 aromatic rings. The Balaban J connectivity index is 1.42. The fraction of sp³-hybridized carbons (Fsp3) is 0.657. The fourth-order valence-corrected chi connectivity index (χ4v) is 10.7. The molecule has 1 N–H and O–H groups in total. The average Bonchev–Trinajstić information content (AvgIpc) is 3.57. The Bertz CT molecular complexity index is 1480. The van der Waals surface area contributed by atoms with Crippen molar-refractivity contribution in [3.8, 4) is 0 Å². The van der Waals surface area contributed by atoms with E-state index in [9.17, 15) is 24.3 Å². The zero-order chi connectivity index (χ0) is 31.0. The van der Waals surface area contributed by atoms with Gasteiger partial charge in [-0.15, -0.1) is 0 Å². The highest BCUT2D eigenvalue weighted by Crippen LogP contribution is 2.80. The second-order valence-corrected chi connectivity index (χ2v) is 15.2. The smallest absolute Gasteiger partial charge is 0.334 e. The lowest BCUT2D eigenvalue weighted by Crippen LogP contribution is -2.53. The largest absolute Gasteiger partial charge is 0.462 e. The first-order valence-corrected chi connectivity index (χ1v) is 15.7. The van der Waals surface area contributed by atoms with E-state index in [1.165, 1.54) is 0 Å². The Labute approximate surface area is 252 Å². The van der Waals surface area contributed by atoms with Gasteiger partial charge in [-0.2, -0.15) is 0 Å². The van der Waals surface area contributed by atoms with Crippen molar-refractivity contribution in [1.29, 1.82) is 0 Å². The molecule has 2 aliphatic heterocycles. The van der Waals surface area contributed by atoms with Gasteiger partial charge in [-0.05, 0) is 52.0 Å². The van der Waals surface area contributed by atoms with Crippen LogP contribution in [0.2, 0.25) is 0 Å². The maximum Gasteiger partial charge on any atom is 0.334 e. The molecule has 7 rings (SSSR count). The molecule has 1 spiro atoms. The van der Waals surface area contributed by atoms with Crippen molar-refractivity contribution < 1.29 is 38.5 Å². The Kier molecular flexibility index (Phi) is 5.88. The second-order valence-electron chi connectivity index (χ2n) is 15.2. The van der Waals surface area contributed by atoms with Crippen LogP contribution in [0.25, 0.3) is 0 Å². The third-order valence-corrected chi connectivity index (χ3v) is 12.6. The molecule has 8 nitrogen and oxygen atoms in total. The van der Waals surface area contributed by atoms with Gasteiger partial charge in [0, 0.05) is 52.6 Å². The SMILES string of the molecule is C=C1C(=O)O[C@@H]2[C@@H]3[C@@]4(C=C[C@@]3(C)[C@@]3(C4)C(=O)O[C@@H]4[C@H]5C(C)=CC(=O)C5=C(C)C[C@H](OC(=O)CC(C)C)[C@H]43)[C@](C)(O)CC[C@@H]12. The van der Waals surface area contributed by atoms with Gasteiger partial charge in [0.05, 0.1) is 16.9 Å². The standard InChI is InChI=1S/C35H42O8/c1-16(2)12-23(37)41-22-14-18(4)24-21(36)13-17(3)25(24)28-26(22)35(31(39)43-28)15-34-11-10-32(35,6)29(34)27-20(8-9-33(34,7)40)19(5)30(38)42-27/h10-11,13,16,20,22,25-29,40H,5,8-9,12,14-15H2,1-4,6-7H3/t20-,22-,25-,26+,27-,28+,29-,32+,33+,34-,35+/m0/s1. The summed E-state index contributed by atoms with van der Waals surface area (Å²) in [5, 5.41) is 12.3. The van der Waals surface area contributed by atoms with Gasteiger partial charge in [0.1, 0.15) is 18.3 Å². The van der Waals surface area contributed by atoms with E-state index in [2.05, 4.69) is 12.7 Å². The van der Waals surface area contributed by atoms with E-state index in [1.54, 1.807) is 6.08 Å². The van der Waals surface area contributed by atoms with Crippen LogP contribution < -0.4 is 0 Å². The minimum atomic E-state index is -1.21. The summed E-state index contributed by atoms with van der Waals surface area (Å²) >= 11 is 0. The van der Waals surface area contributed by atoms with E-state index in [-0.39, 0.29) is 36.4 Å². The van der Waals surface area contributed by atoms with Gasteiger partial charge >= 0.3 is 17.9 Å². The van der Waals surface area contributed by atoms with Crippen LogP contribution in [-0.2, 0) is 33.4 Å². The molecule has 0 amide bonds. The summed E-state index contributed by atoms with van der Waals surface area (Å²) in [6.07, 6.45) is 5.52. The van der Waals surface area contributed by atoms with Gasteiger partial charge in [0.25, 0.3) is 0 Å². The van der Waals surface area contributed by atoms with Crippen molar-refractivity contribution in [1.82, 2.24) is 0 Å². The van der Waals surface area contributed by atoms with Crippen molar-refractivity contribution in [3.05, 3.63) is 47.1 Å². The normalized spacial score (nSPS) is 47.6. The average molecular weight is 591 g/mol. The molecule has 0 aromatic carbocycles. The topological polar surface area (TPSA) is 116 Å². The molecule has 230 valence electrons. The molecule has 43 heavy (non-hydrogen) atoms. The van der Waals surface area contributed by atoms with Gasteiger partial charge in [0.2, 0.25) is 0 Å². The molecule has 5 aliphatic carbocycles. The molecule has 8 heteroatoms. The highest BCUT2D eigenvalue weighted by molar-refractivity contribution is 6.09. The highest BCUT2D eigenvalue weighted by atomic mass is 16.6. The maximum absolute atomic E-state index is 14.7. The van der Waals surface area contributed by atoms with Gasteiger partial charge in [-0.3, -0.25) is 14.4 Å². The first-order valence-electron chi connectivity index (χ1n) is 15.7. The lowest BCUT2D eigenvalue weighted by molar-refractivity contribution is -0.162. The molecule has 0 aromatic heterocycles. The van der Waals surface area contributed by atoms with Crippen LogP contribution in [0.1, 0.15) is 73.6 Å². The maximum atomic E-state index is 14.7. The Morgan fingerprint density at radius 3 is 2.56 bits per heavy atom. The van der Waals surface area contributed by atoms with E-state index < -0.39 is 69.9 Å². The van der Waals surface area contributed by atoms with E-state index in [0.29, 0.717) is 30.4 Å². The van der Waals surface area contributed by atoms with Crippen LogP contribution >= 0.6 is 0 Å². The molecule has 0 unspecified atom stereocenters. The number of fused-ring (bicyclic) bond motifs is 6. The second kappa shape index (κ2) is 8.80. The summed E-state index contributed by atoms with van der Waals surface area (Å²) in [5.74, 6) is -2.87. The van der Waals surface area contributed by atoms with Crippen LogP contribution in [0.5, 0.6) is 0 Å². The van der Waals surface area contributed by atoms with Crippen molar-refractivity contribution >= 4 is 23.7 Å². The minimum Gasteiger partial charge on any atom is -0.462 e. The van der Waals surface area contributed by atoms with Gasteiger partial charge in [-0.1, -0.05) is 50.6 Å². The summed E-state index contributed by atoms with van der Waals surface area (Å²) in [5.41, 5.74) is -1.47. The summed E-state index contributed by atoms with van der Waals surface area (Å²) in [7, 11) is 0. The molecule has 2 bridgehead atoms. The van der Waals surface area contributed by atoms with Crippen molar-refractivity contribution in [2.24, 2.45) is 45.8 Å². The van der Waals surface area contributed by atoms with Crippen LogP contribution in [0.4, 0.5) is 0 Å². The number of esters is 3. The number of rotatable bonds is 3. The molecular formula is C35H42O8. The summed E-state index contributed by atoms with van der Waals surface area (Å²) < 4.78 is 18.8. The fourth-order valence-electron chi connectivity index (χ4n) is 10.7. The quantitative estimate of drug-likeness (QED) is 0.220. The van der Waals surface area contributed by atoms with Gasteiger partial charge in [0.15, 0.2) is 5.78 Å². The Morgan fingerprint density at radius 1 is 1.14 bits per heavy atom. The van der Waals surface area contributed by atoms with Crippen LogP contribution in [-0.4, -0.2) is 52.7 Å². The van der Waals surface area contributed by atoms with Crippen LogP contribution in [0, 0.1) is 45.8 Å². The third-order valence-electron chi connectivity index (χ3n) is 12.6. The first-order chi connectivity index (χ1) is 20.1. The predicted octanol–water partition coefficient (Wildman–Crippen LogP) is 4.56. The van der Waals surface area contributed by atoms with Crippen molar-refractivity contribution in [2.75, 3.05) is 0 Å². The Morgan fingerprint density at radius 2 is 1.86 bits per heavy atom. The van der Waals surface area contributed by atoms with E-state index in [4.69, 9.17) is 14.2 Å². The van der Waals surface area contributed by atoms with Gasteiger partial charge < -0.3 is 19.3 Å². The number of hydrogen-bond acceptors (Lipinski definition) is 8. The number of carbonyl (C=O) groups is 4. The Hall–Kier alpha value is -3.00. The third kappa shape index (κ3) is 3.36. The summed E-state index contributed by atoms with van der Waals surface area (Å²) in [6.45, 7) is 15.6. The zero-order valence-electron chi connectivity index (χ0n) is 25.9. The number of hydrogen-bond donors (Lipinski definition) is 1. The summed E-state index contributed by atoms with van der Waals surface area (Å²) in [6, 6.07) is 0. The number of ether oxygens (including phenoxy) is 3. The number of ketones is 1. The molecule has 2 saturated heterocycles. The van der Waals surface area contributed by atoms with Crippen LogP contribution in [0.3, 0.4) is 0 Å². The molecule has 2 saturated carbocycles. The van der Waals surface area contributed by atoms with E-state index >= 15 is 0 Å². The summed E-state index contributed by atoms with van der Waals surface area (Å²) in [4.78, 5) is 54.1. The first kappa shape index (κ1) is 28.8. The molecule has 7 aliphatic rings. The number of carbonyl (C=O) groups excluding carboxylic acids is 4. The van der Waals surface area contributed by atoms with Gasteiger partial charge in [-0.25, -0.2) is 4.79 Å². The highest BCUT2D eigenvalue weighted by Gasteiger charge is 2.84. The molecule has 4 fully saturated rings. The zero-order valence-corrected chi connectivity index (χ0v) is 25.9.